The minimum atomic E-state index is 0.936. The Kier molecular flexibility index (Phi) is 2.86. The van der Waals surface area contributed by atoms with Crippen molar-refractivity contribution in [3.8, 4) is 0 Å². The maximum absolute atomic E-state index is 3.80. The predicted molar refractivity (Wildman–Crippen MR) is 66.7 cm³/mol. The van der Waals surface area contributed by atoms with Gasteiger partial charge in [-0.05, 0) is 35.1 Å². The third-order valence-electron chi connectivity index (χ3n) is 2.64. The number of rotatable bonds is 4. The van der Waals surface area contributed by atoms with Gasteiger partial charge in [0.1, 0.15) is 0 Å². The second kappa shape index (κ2) is 4.31. The minimum Gasteiger partial charge on any atom is -0.103 e. The molecule has 1 aromatic rings. The average Bonchev–Trinajstić information content (AvgIpc) is 2.67. The third kappa shape index (κ3) is 1.94. The van der Waals surface area contributed by atoms with E-state index in [0.29, 0.717) is 0 Å². The number of hydrogen-bond donors (Lipinski definition) is 0. The first kappa shape index (κ1) is 9.97. The summed E-state index contributed by atoms with van der Waals surface area (Å²) in [6.45, 7) is 7.58. The SMILES string of the molecule is C=CCc1cc2c(c(CC=C)c1)C=C[CH]2. The summed E-state index contributed by atoms with van der Waals surface area (Å²) < 4.78 is 0. The molecular formula is C15H15. The van der Waals surface area contributed by atoms with Crippen LogP contribution < -0.4 is 0 Å². The second-order valence-electron chi connectivity index (χ2n) is 3.77. The van der Waals surface area contributed by atoms with Gasteiger partial charge in [-0.25, -0.2) is 0 Å². The van der Waals surface area contributed by atoms with Crippen molar-refractivity contribution in [1.82, 2.24) is 0 Å². The normalized spacial score (nSPS) is 12.5. The van der Waals surface area contributed by atoms with Crippen LogP contribution in [0.1, 0.15) is 22.3 Å². The van der Waals surface area contributed by atoms with Gasteiger partial charge in [-0.1, -0.05) is 36.4 Å². The number of fused-ring (bicyclic) bond motifs is 1. The molecule has 0 atom stereocenters. The first-order valence-corrected chi connectivity index (χ1v) is 5.24. The van der Waals surface area contributed by atoms with Crippen LogP contribution in [0.4, 0.5) is 0 Å². The lowest BCUT2D eigenvalue weighted by Gasteiger charge is -2.09. The topological polar surface area (TPSA) is 0 Å². The molecule has 0 aromatic heterocycles. The van der Waals surface area contributed by atoms with E-state index in [1.54, 1.807) is 0 Å². The maximum atomic E-state index is 3.80. The van der Waals surface area contributed by atoms with E-state index >= 15 is 0 Å². The Morgan fingerprint density at radius 2 is 1.87 bits per heavy atom. The fourth-order valence-corrected chi connectivity index (χ4v) is 2.00. The van der Waals surface area contributed by atoms with Gasteiger partial charge in [0.2, 0.25) is 0 Å². The lowest BCUT2D eigenvalue weighted by Crippen LogP contribution is -1.94. The van der Waals surface area contributed by atoms with E-state index in [0.717, 1.165) is 12.8 Å². The molecule has 0 nitrogen and oxygen atoms in total. The Balaban J connectivity index is 2.45. The standard InChI is InChI=1S/C15H15/c1-3-6-12-10-13(7-4-2)15-9-5-8-14(15)11-12/h3-5,8-11H,1-2,6-7H2. The molecule has 1 radical (unpaired) electrons. The van der Waals surface area contributed by atoms with Crippen LogP contribution >= 0.6 is 0 Å². The highest BCUT2D eigenvalue weighted by molar-refractivity contribution is 5.68. The van der Waals surface area contributed by atoms with Gasteiger partial charge in [0.25, 0.3) is 0 Å². The van der Waals surface area contributed by atoms with E-state index < -0.39 is 0 Å². The quantitative estimate of drug-likeness (QED) is 0.642. The van der Waals surface area contributed by atoms with Crippen molar-refractivity contribution in [3.05, 3.63) is 72.2 Å². The van der Waals surface area contributed by atoms with Crippen molar-refractivity contribution in [1.29, 1.82) is 0 Å². The lowest BCUT2D eigenvalue weighted by molar-refractivity contribution is 1.19. The molecule has 0 amide bonds. The molecule has 0 aliphatic heterocycles. The van der Waals surface area contributed by atoms with Crippen molar-refractivity contribution in [2.24, 2.45) is 0 Å². The second-order valence-corrected chi connectivity index (χ2v) is 3.77. The van der Waals surface area contributed by atoms with Gasteiger partial charge in [-0.2, -0.15) is 0 Å². The summed E-state index contributed by atoms with van der Waals surface area (Å²) in [4.78, 5) is 0. The monoisotopic (exact) mass is 195 g/mol. The molecule has 0 heteroatoms. The van der Waals surface area contributed by atoms with E-state index in [-0.39, 0.29) is 0 Å². The van der Waals surface area contributed by atoms with Gasteiger partial charge in [0.15, 0.2) is 0 Å². The van der Waals surface area contributed by atoms with E-state index in [1.807, 2.05) is 12.2 Å². The summed E-state index contributed by atoms with van der Waals surface area (Å²) in [6, 6.07) is 4.50. The van der Waals surface area contributed by atoms with Crippen LogP contribution in [0.5, 0.6) is 0 Å². The molecule has 0 fully saturated rings. The molecule has 2 rings (SSSR count). The number of benzene rings is 1. The van der Waals surface area contributed by atoms with Crippen LogP contribution in [0.15, 0.2) is 43.5 Å². The molecule has 0 bridgehead atoms. The van der Waals surface area contributed by atoms with E-state index in [1.165, 1.54) is 22.3 Å². The molecule has 0 saturated heterocycles. The summed E-state index contributed by atoms with van der Waals surface area (Å²) in [5, 5.41) is 0. The summed E-state index contributed by atoms with van der Waals surface area (Å²) in [5.74, 6) is 0. The fourth-order valence-electron chi connectivity index (χ4n) is 2.00. The molecule has 0 unspecified atom stereocenters. The third-order valence-corrected chi connectivity index (χ3v) is 2.64. The summed E-state index contributed by atoms with van der Waals surface area (Å²) in [6.07, 6.45) is 12.2. The van der Waals surface area contributed by atoms with E-state index in [9.17, 15) is 0 Å². The fraction of sp³-hybridized carbons (Fsp3) is 0.133. The zero-order chi connectivity index (χ0) is 10.7. The zero-order valence-electron chi connectivity index (χ0n) is 8.87. The smallest absolute Gasteiger partial charge is 0.0131 e. The van der Waals surface area contributed by atoms with Crippen LogP contribution in [0.3, 0.4) is 0 Å². The Bertz CT molecular complexity index is 422. The molecule has 1 aliphatic carbocycles. The Morgan fingerprint density at radius 3 is 2.60 bits per heavy atom. The highest BCUT2D eigenvalue weighted by Crippen LogP contribution is 2.27. The Morgan fingerprint density at radius 1 is 1.07 bits per heavy atom. The van der Waals surface area contributed by atoms with Crippen LogP contribution in [0.2, 0.25) is 0 Å². The van der Waals surface area contributed by atoms with Crippen molar-refractivity contribution >= 4 is 6.08 Å². The summed E-state index contributed by atoms with van der Waals surface area (Å²) in [7, 11) is 0. The first-order chi connectivity index (χ1) is 7.35. The van der Waals surface area contributed by atoms with Crippen LogP contribution in [0, 0.1) is 6.42 Å². The van der Waals surface area contributed by atoms with Gasteiger partial charge in [0.05, 0.1) is 0 Å². The van der Waals surface area contributed by atoms with Gasteiger partial charge >= 0.3 is 0 Å². The van der Waals surface area contributed by atoms with Gasteiger partial charge in [-0.15, -0.1) is 13.2 Å². The maximum Gasteiger partial charge on any atom is 0.0131 e. The van der Waals surface area contributed by atoms with E-state index in [4.69, 9.17) is 0 Å². The molecule has 0 N–H and O–H groups in total. The molecule has 75 valence electrons. The van der Waals surface area contributed by atoms with Crippen molar-refractivity contribution < 1.29 is 0 Å². The van der Waals surface area contributed by atoms with Crippen molar-refractivity contribution in [3.63, 3.8) is 0 Å². The van der Waals surface area contributed by atoms with Gasteiger partial charge < -0.3 is 0 Å². The average molecular weight is 195 g/mol. The first-order valence-electron chi connectivity index (χ1n) is 5.24. The zero-order valence-corrected chi connectivity index (χ0v) is 8.87. The highest BCUT2D eigenvalue weighted by atomic mass is 14.1. The van der Waals surface area contributed by atoms with Crippen LogP contribution in [-0.4, -0.2) is 0 Å². The van der Waals surface area contributed by atoms with Crippen LogP contribution in [-0.2, 0) is 12.8 Å². The Labute approximate surface area is 91.6 Å². The number of hydrogen-bond acceptors (Lipinski definition) is 0. The molecule has 1 aromatic carbocycles. The van der Waals surface area contributed by atoms with Gasteiger partial charge in [-0.3, -0.25) is 0 Å². The molecule has 0 heterocycles. The molecule has 0 spiro atoms. The van der Waals surface area contributed by atoms with Crippen molar-refractivity contribution in [2.45, 2.75) is 12.8 Å². The van der Waals surface area contributed by atoms with Crippen LogP contribution in [0.25, 0.3) is 6.08 Å². The Hall–Kier alpha value is -1.56. The molecule has 1 aliphatic rings. The summed E-state index contributed by atoms with van der Waals surface area (Å²) >= 11 is 0. The highest BCUT2D eigenvalue weighted by Gasteiger charge is 2.10. The predicted octanol–water partition coefficient (Wildman–Crippen LogP) is 3.72. The molecule has 15 heavy (non-hydrogen) atoms. The largest absolute Gasteiger partial charge is 0.103 e. The van der Waals surface area contributed by atoms with Crippen molar-refractivity contribution in [2.75, 3.05) is 0 Å². The lowest BCUT2D eigenvalue weighted by atomic mass is 9.96. The van der Waals surface area contributed by atoms with Gasteiger partial charge in [0, 0.05) is 6.42 Å². The summed E-state index contributed by atoms with van der Waals surface area (Å²) in [5.41, 5.74) is 5.37. The minimum absolute atomic E-state index is 0.936. The van der Waals surface area contributed by atoms with E-state index in [2.05, 4.69) is 43.9 Å². The molecular weight excluding hydrogens is 180 g/mol. The number of allylic oxidation sites excluding steroid dienone is 3. The molecule has 0 saturated carbocycles.